The van der Waals surface area contributed by atoms with Gasteiger partial charge in [-0.15, -0.1) is 0 Å². The Kier molecular flexibility index (Phi) is 6.84. The SMILES string of the molecule is Cc1ccc(C2=NN(C3=NC(=O)[C@H](CC(=O)Nc4ccc(F)c(F)c4)S3)[C@H](c3ccc(F)cc3)C2)cc1. The number of carbonyl (C=O) groups is 2. The summed E-state index contributed by atoms with van der Waals surface area (Å²) in [6.07, 6.45) is 0.308. The number of amides is 2. The molecule has 3 aromatic rings. The standard InChI is InChI=1S/C27H21F3N4O2S/c1-15-2-4-16(5-3-15)22-13-23(17-6-8-18(28)9-7-17)34(33-22)27-32-26(36)24(37-27)14-25(35)31-19-10-11-20(29)21(30)12-19/h2-12,23-24H,13-14H2,1H3,(H,31,35)/t23-,24-/m0/s1. The summed E-state index contributed by atoms with van der Waals surface area (Å²) < 4.78 is 40.2. The first-order valence-corrected chi connectivity index (χ1v) is 12.4. The lowest BCUT2D eigenvalue weighted by Gasteiger charge is -2.23. The van der Waals surface area contributed by atoms with Crippen molar-refractivity contribution in [2.75, 3.05) is 5.32 Å². The van der Waals surface area contributed by atoms with Gasteiger partial charge in [0.05, 0.1) is 11.8 Å². The number of hydrogen-bond donors (Lipinski definition) is 1. The first-order valence-electron chi connectivity index (χ1n) is 11.5. The van der Waals surface area contributed by atoms with Crippen LogP contribution >= 0.6 is 11.8 Å². The molecule has 2 aliphatic heterocycles. The molecule has 2 atom stereocenters. The zero-order valence-electron chi connectivity index (χ0n) is 19.6. The van der Waals surface area contributed by atoms with Crippen molar-refractivity contribution in [1.82, 2.24) is 5.01 Å². The molecule has 188 valence electrons. The van der Waals surface area contributed by atoms with Gasteiger partial charge in [0.2, 0.25) is 5.91 Å². The highest BCUT2D eigenvalue weighted by Crippen LogP contribution is 2.38. The minimum atomic E-state index is -1.09. The number of anilines is 1. The highest BCUT2D eigenvalue weighted by Gasteiger charge is 2.39. The molecule has 3 aromatic carbocycles. The second-order valence-electron chi connectivity index (χ2n) is 8.75. The second-order valence-corrected chi connectivity index (χ2v) is 9.92. The maximum Gasteiger partial charge on any atom is 0.262 e. The Hall–Kier alpha value is -3.92. The van der Waals surface area contributed by atoms with Gasteiger partial charge in [-0.2, -0.15) is 10.1 Å². The highest BCUT2D eigenvalue weighted by atomic mass is 32.2. The molecule has 2 amide bonds. The van der Waals surface area contributed by atoms with Crippen molar-refractivity contribution < 1.29 is 22.8 Å². The van der Waals surface area contributed by atoms with E-state index in [9.17, 15) is 22.8 Å². The third-order valence-corrected chi connectivity index (χ3v) is 7.19. The Labute approximate surface area is 215 Å². The molecule has 1 N–H and O–H groups in total. The first kappa shape index (κ1) is 24.8. The van der Waals surface area contributed by atoms with Gasteiger partial charge < -0.3 is 5.32 Å². The quantitative estimate of drug-likeness (QED) is 0.474. The number of aliphatic imine (C=N–C) groups is 1. The zero-order chi connectivity index (χ0) is 26.1. The van der Waals surface area contributed by atoms with Crippen LogP contribution in [0.5, 0.6) is 0 Å². The number of thioether (sulfide) groups is 1. The van der Waals surface area contributed by atoms with Crippen LogP contribution in [0.1, 0.15) is 35.6 Å². The van der Waals surface area contributed by atoms with Crippen LogP contribution in [0.3, 0.4) is 0 Å². The molecule has 37 heavy (non-hydrogen) atoms. The van der Waals surface area contributed by atoms with E-state index < -0.39 is 28.7 Å². The molecule has 0 bridgehead atoms. The van der Waals surface area contributed by atoms with Crippen LogP contribution in [0.2, 0.25) is 0 Å². The zero-order valence-corrected chi connectivity index (χ0v) is 20.4. The number of nitrogens with one attached hydrogen (secondary N) is 1. The van der Waals surface area contributed by atoms with Crippen LogP contribution in [0.15, 0.2) is 76.8 Å². The maximum absolute atomic E-state index is 13.6. The van der Waals surface area contributed by atoms with E-state index >= 15 is 0 Å². The van der Waals surface area contributed by atoms with Crippen molar-refractivity contribution in [2.45, 2.75) is 31.1 Å². The number of hydrogen-bond acceptors (Lipinski definition) is 5. The summed E-state index contributed by atoms with van der Waals surface area (Å²) in [5, 5.41) is 8.43. The molecule has 0 fully saturated rings. The van der Waals surface area contributed by atoms with Gasteiger partial charge in [-0.3, -0.25) is 9.59 Å². The number of halogens is 3. The second kappa shape index (κ2) is 10.2. The average Bonchev–Trinajstić information content (AvgIpc) is 3.46. The Morgan fingerprint density at radius 3 is 2.46 bits per heavy atom. The summed E-state index contributed by atoms with van der Waals surface area (Å²) in [5.41, 5.74) is 3.73. The molecule has 5 rings (SSSR count). The van der Waals surface area contributed by atoms with E-state index in [4.69, 9.17) is 5.10 Å². The average molecular weight is 523 g/mol. The van der Waals surface area contributed by atoms with E-state index in [-0.39, 0.29) is 24.0 Å². The van der Waals surface area contributed by atoms with Crippen LogP contribution < -0.4 is 5.32 Å². The van der Waals surface area contributed by atoms with Crippen molar-refractivity contribution in [1.29, 1.82) is 0 Å². The molecule has 0 spiro atoms. The van der Waals surface area contributed by atoms with Gasteiger partial charge in [0.15, 0.2) is 16.8 Å². The van der Waals surface area contributed by atoms with Gasteiger partial charge in [-0.25, -0.2) is 18.2 Å². The lowest BCUT2D eigenvalue weighted by Crippen LogP contribution is -2.25. The van der Waals surface area contributed by atoms with Gasteiger partial charge in [-0.1, -0.05) is 53.7 Å². The van der Waals surface area contributed by atoms with Gasteiger partial charge in [0.1, 0.15) is 11.1 Å². The van der Waals surface area contributed by atoms with Crippen LogP contribution in [-0.2, 0) is 9.59 Å². The molecular weight excluding hydrogens is 501 g/mol. The molecule has 2 heterocycles. The van der Waals surface area contributed by atoms with E-state index in [0.717, 1.165) is 46.3 Å². The number of rotatable bonds is 5. The summed E-state index contributed by atoms with van der Waals surface area (Å²) in [7, 11) is 0. The Balaban J connectivity index is 1.34. The summed E-state index contributed by atoms with van der Waals surface area (Å²) in [6.45, 7) is 1.99. The minimum absolute atomic E-state index is 0.0868. The monoisotopic (exact) mass is 522 g/mol. The van der Waals surface area contributed by atoms with Crippen molar-refractivity contribution in [2.24, 2.45) is 10.1 Å². The Morgan fingerprint density at radius 1 is 1.03 bits per heavy atom. The number of nitrogens with zero attached hydrogens (tertiary/aromatic N) is 3. The molecule has 10 heteroatoms. The minimum Gasteiger partial charge on any atom is -0.326 e. The number of amidine groups is 1. The van der Waals surface area contributed by atoms with E-state index in [1.807, 2.05) is 31.2 Å². The summed E-state index contributed by atoms with van der Waals surface area (Å²) in [6, 6.07) is 16.7. The fourth-order valence-corrected chi connectivity index (χ4v) is 5.17. The molecule has 6 nitrogen and oxygen atoms in total. The molecule has 0 saturated heterocycles. The molecule has 0 aliphatic carbocycles. The Morgan fingerprint density at radius 2 is 1.76 bits per heavy atom. The number of benzene rings is 3. The van der Waals surface area contributed by atoms with Crippen molar-refractivity contribution >= 4 is 40.1 Å². The van der Waals surface area contributed by atoms with E-state index in [1.54, 1.807) is 17.1 Å². The van der Waals surface area contributed by atoms with Crippen LogP contribution in [-0.4, -0.2) is 33.0 Å². The third-order valence-electron chi connectivity index (χ3n) is 6.05. The maximum atomic E-state index is 13.6. The normalized spacial score (nSPS) is 19.1. The molecule has 2 aliphatic rings. The number of aryl methyl sites for hydroxylation is 1. The lowest BCUT2D eigenvalue weighted by molar-refractivity contribution is -0.121. The predicted molar refractivity (Wildman–Crippen MR) is 137 cm³/mol. The molecular formula is C27H21F3N4O2S. The number of hydrazone groups is 1. The van der Waals surface area contributed by atoms with Gasteiger partial charge >= 0.3 is 0 Å². The summed E-state index contributed by atoms with van der Waals surface area (Å²) >= 11 is 1.11. The van der Waals surface area contributed by atoms with Gasteiger partial charge in [-0.05, 0) is 42.3 Å². The molecule has 0 radical (unpaired) electrons. The van der Waals surface area contributed by atoms with Crippen LogP contribution in [0.4, 0.5) is 18.9 Å². The summed E-state index contributed by atoms with van der Waals surface area (Å²) in [4.78, 5) is 29.4. The van der Waals surface area contributed by atoms with E-state index in [2.05, 4.69) is 10.3 Å². The van der Waals surface area contributed by atoms with Crippen LogP contribution in [0, 0.1) is 24.4 Å². The third kappa shape index (κ3) is 5.43. The fourth-order valence-electron chi connectivity index (χ4n) is 4.11. The first-order chi connectivity index (χ1) is 17.8. The van der Waals surface area contributed by atoms with E-state index in [1.165, 1.54) is 18.2 Å². The van der Waals surface area contributed by atoms with Crippen LogP contribution in [0.25, 0.3) is 0 Å². The van der Waals surface area contributed by atoms with Gasteiger partial charge in [0, 0.05) is 24.6 Å². The topological polar surface area (TPSA) is 74.1 Å². The predicted octanol–water partition coefficient (Wildman–Crippen LogP) is 5.59. The summed E-state index contributed by atoms with van der Waals surface area (Å²) in [5.74, 6) is -3.49. The molecule has 0 aromatic heterocycles. The van der Waals surface area contributed by atoms with Gasteiger partial charge in [0.25, 0.3) is 5.91 Å². The Bertz CT molecular complexity index is 1420. The highest BCUT2D eigenvalue weighted by molar-refractivity contribution is 8.15. The fraction of sp³-hybridized carbons (Fsp3) is 0.185. The van der Waals surface area contributed by atoms with Crippen molar-refractivity contribution in [3.63, 3.8) is 0 Å². The van der Waals surface area contributed by atoms with E-state index in [0.29, 0.717) is 11.6 Å². The largest absolute Gasteiger partial charge is 0.326 e. The molecule has 0 unspecified atom stereocenters. The van der Waals surface area contributed by atoms with Crippen molar-refractivity contribution in [3.05, 3.63) is 101 Å². The number of carbonyl (C=O) groups excluding carboxylic acids is 2. The molecule has 0 saturated carbocycles. The smallest absolute Gasteiger partial charge is 0.262 e. The van der Waals surface area contributed by atoms with Crippen molar-refractivity contribution in [3.8, 4) is 0 Å². The lowest BCUT2D eigenvalue weighted by atomic mass is 9.98.